The molecule has 0 aliphatic rings. The minimum absolute atomic E-state index is 0.0719. The summed E-state index contributed by atoms with van der Waals surface area (Å²) in [6.45, 7) is 5.43. The molecule has 106 valence electrons. The number of rotatable bonds is 6. The van der Waals surface area contributed by atoms with Gasteiger partial charge in [0.1, 0.15) is 11.5 Å². The van der Waals surface area contributed by atoms with Crippen molar-refractivity contribution in [3.05, 3.63) is 17.5 Å². The summed E-state index contributed by atoms with van der Waals surface area (Å²) >= 11 is 0. The summed E-state index contributed by atoms with van der Waals surface area (Å²) in [5.74, 6) is -0.260. The number of carboxylic acids is 1. The molecule has 19 heavy (non-hydrogen) atoms. The van der Waals surface area contributed by atoms with E-state index >= 15 is 0 Å². The van der Waals surface area contributed by atoms with E-state index in [1.165, 1.54) is 0 Å². The fraction of sp³-hybridized carbons (Fsp3) is 0.583. The van der Waals surface area contributed by atoms with Gasteiger partial charge in [0.05, 0.1) is 12.0 Å². The van der Waals surface area contributed by atoms with E-state index in [1.54, 1.807) is 26.8 Å². The molecule has 0 spiro atoms. The van der Waals surface area contributed by atoms with Crippen molar-refractivity contribution in [3.8, 4) is 0 Å². The Labute approximate surface area is 111 Å². The first-order valence-corrected chi connectivity index (χ1v) is 6.04. The van der Waals surface area contributed by atoms with Crippen molar-refractivity contribution >= 4 is 12.0 Å². The summed E-state index contributed by atoms with van der Waals surface area (Å²) in [6, 6.07) is 1.29. The second-order valence-corrected chi connectivity index (χ2v) is 4.68. The number of urea groups is 1. The van der Waals surface area contributed by atoms with Crippen molar-refractivity contribution < 1.29 is 19.2 Å². The predicted octanol–water partition coefficient (Wildman–Crippen LogP) is 1.28. The zero-order chi connectivity index (χ0) is 14.5. The number of nitrogens with one attached hydrogen (secondary N) is 2. The summed E-state index contributed by atoms with van der Waals surface area (Å²) in [5.41, 5.74) is -0.342. The van der Waals surface area contributed by atoms with Gasteiger partial charge in [0.2, 0.25) is 0 Å². The molecule has 0 aliphatic carbocycles. The lowest BCUT2D eigenvalue weighted by atomic mass is 9.88. The standard InChI is InChI=1S/C12H19N3O4/c1-4-12(3,10(16)17)7-14-11(18)13-6-9-5-8(2)19-15-9/h5H,4,6-7H2,1-3H3,(H,16,17)(H2,13,14,18). The van der Waals surface area contributed by atoms with E-state index in [9.17, 15) is 9.59 Å². The number of hydrogen-bond acceptors (Lipinski definition) is 4. The Morgan fingerprint density at radius 2 is 2.16 bits per heavy atom. The van der Waals surface area contributed by atoms with Crippen molar-refractivity contribution in [2.24, 2.45) is 5.41 Å². The lowest BCUT2D eigenvalue weighted by Gasteiger charge is -2.23. The minimum atomic E-state index is -0.957. The van der Waals surface area contributed by atoms with Crippen LogP contribution in [0.3, 0.4) is 0 Å². The third kappa shape index (κ3) is 4.27. The third-order valence-electron chi connectivity index (χ3n) is 3.04. The maximum atomic E-state index is 11.5. The second-order valence-electron chi connectivity index (χ2n) is 4.68. The molecule has 0 bridgehead atoms. The van der Waals surface area contributed by atoms with Crippen LogP contribution in [-0.2, 0) is 11.3 Å². The molecule has 0 aromatic carbocycles. The number of aliphatic carboxylic acids is 1. The number of aromatic nitrogens is 1. The second kappa shape index (κ2) is 6.21. The number of carboxylic acid groups (broad SMARTS) is 1. The third-order valence-corrected chi connectivity index (χ3v) is 3.04. The van der Waals surface area contributed by atoms with E-state index in [0.717, 1.165) is 0 Å². The van der Waals surface area contributed by atoms with Crippen molar-refractivity contribution in [3.63, 3.8) is 0 Å². The van der Waals surface area contributed by atoms with Crippen LogP contribution in [0.2, 0.25) is 0 Å². The van der Waals surface area contributed by atoms with Gasteiger partial charge in [0.25, 0.3) is 0 Å². The smallest absolute Gasteiger partial charge is 0.315 e. The molecule has 0 saturated carbocycles. The SMILES string of the molecule is CCC(C)(CNC(=O)NCc1cc(C)on1)C(=O)O. The van der Waals surface area contributed by atoms with Crippen LogP contribution in [0, 0.1) is 12.3 Å². The highest BCUT2D eigenvalue weighted by atomic mass is 16.5. The van der Waals surface area contributed by atoms with Crippen LogP contribution in [0.5, 0.6) is 0 Å². The summed E-state index contributed by atoms with van der Waals surface area (Å²) in [5, 5.41) is 17.9. The van der Waals surface area contributed by atoms with Gasteiger partial charge in [-0.2, -0.15) is 0 Å². The van der Waals surface area contributed by atoms with Crippen LogP contribution in [0.25, 0.3) is 0 Å². The van der Waals surface area contributed by atoms with Crippen molar-refractivity contribution in [2.75, 3.05) is 6.54 Å². The monoisotopic (exact) mass is 269 g/mol. The molecule has 1 rings (SSSR count). The van der Waals surface area contributed by atoms with Gasteiger partial charge < -0.3 is 20.3 Å². The molecule has 1 unspecified atom stereocenters. The van der Waals surface area contributed by atoms with Crippen LogP contribution < -0.4 is 10.6 Å². The molecule has 1 heterocycles. The summed E-state index contributed by atoms with van der Waals surface area (Å²) in [7, 11) is 0. The summed E-state index contributed by atoms with van der Waals surface area (Å²) in [6.07, 6.45) is 0.436. The Balaban J connectivity index is 2.37. The Bertz CT molecular complexity index is 458. The van der Waals surface area contributed by atoms with Gasteiger partial charge in [-0.3, -0.25) is 4.79 Å². The van der Waals surface area contributed by atoms with Crippen LogP contribution in [0.4, 0.5) is 4.79 Å². The normalized spacial score (nSPS) is 13.6. The Hall–Kier alpha value is -2.05. The Morgan fingerprint density at radius 1 is 1.47 bits per heavy atom. The van der Waals surface area contributed by atoms with E-state index in [1.807, 2.05) is 0 Å². The molecule has 0 fully saturated rings. The van der Waals surface area contributed by atoms with Crippen LogP contribution >= 0.6 is 0 Å². The first kappa shape index (κ1) is 15.0. The molecule has 1 aromatic heterocycles. The van der Waals surface area contributed by atoms with Crippen molar-refractivity contribution in [2.45, 2.75) is 33.7 Å². The highest BCUT2D eigenvalue weighted by Crippen LogP contribution is 2.19. The lowest BCUT2D eigenvalue weighted by molar-refractivity contribution is -0.147. The van der Waals surface area contributed by atoms with E-state index < -0.39 is 17.4 Å². The molecule has 3 N–H and O–H groups in total. The van der Waals surface area contributed by atoms with E-state index in [2.05, 4.69) is 15.8 Å². The fourth-order valence-electron chi connectivity index (χ4n) is 1.36. The molecule has 0 saturated heterocycles. The van der Waals surface area contributed by atoms with Gasteiger partial charge in [0, 0.05) is 12.6 Å². The average molecular weight is 269 g/mol. The predicted molar refractivity (Wildman–Crippen MR) is 67.5 cm³/mol. The summed E-state index contributed by atoms with van der Waals surface area (Å²) < 4.78 is 4.86. The van der Waals surface area contributed by atoms with Crippen molar-refractivity contribution in [1.82, 2.24) is 15.8 Å². The quantitative estimate of drug-likeness (QED) is 0.721. The zero-order valence-corrected chi connectivity index (χ0v) is 11.3. The van der Waals surface area contributed by atoms with Gasteiger partial charge in [-0.1, -0.05) is 12.1 Å². The molecule has 0 aliphatic heterocycles. The molecule has 2 amide bonds. The van der Waals surface area contributed by atoms with Crippen LogP contribution in [0.15, 0.2) is 10.6 Å². The Kier molecular flexibility index (Phi) is 4.91. The molecular formula is C12H19N3O4. The fourth-order valence-corrected chi connectivity index (χ4v) is 1.36. The molecule has 7 heteroatoms. The zero-order valence-electron chi connectivity index (χ0n) is 11.3. The van der Waals surface area contributed by atoms with E-state index in [4.69, 9.17) is 9.63 Å². The van der Waals surface area contributed by atoms with E-state index in [-0.39, 0.29) is 13.1 Å². The maximum Gasteiger partial charge on any atom is 0.315 e. The molecule has 7 nitrogen and oxygen atoms in total. The number of carbonyl (C=O) groups excluding carboxylic acids is 1. The van der Waals surface area contributed by atoms with Crippen LogP contribution in [0.1, 0.15) is 31.7 Å². The molecular weight excluding hydrogens is 250 g/mol. The number of hydrogen-bond donors (Lipinski definition) is 3. The van der Waals surface area contributed by atoms with Gasteiger partial charge in [0.15, 0.2) is 0 Å². The minimum Gasteiger partial charge on any atom is -0.481 e. The van der Waals surface area contributed by atoms with Crippen molar-refractivity contribution in [1.29, 1.82) is 0 Å². The highest BCUT2D eigenvalue weighted by molar-refractivity contribution is 5.77. The number of aryl methyl sites for hydroxylation is 1. The first-order chi connectivity index (χ1) is 8.87. The Morgan fingerprint density at radius 3 is 2.63 bits per heavy atom. The summed E-state index contributed by atoms with van der Waals surface area (Å²) in [4.78, 5) is 22.6. The number of carbonyl (C=O) groups is 2. The average Bonchev–Trinajstić information content (AvgIpc) is 2.79. The lowest BCUT2D eigenvalue weighted by Crippen LogP contribution is -2.44. The van der Waals surface area contributed by atoms with Crippen LogP contribution in [-0.4, -0.2) is 28.8 Å². The number of amides is 2. The first-order valence-electron chi connectivity index (χ1n) is 6.04. The van der Waals surface area contributed by atoms with Gasteiger partial charge in [-0.15, -0.1) is 0 Å². The molecule has 0 radical (unpaired) electrons. The van der Waals surface area contributed by atoms with Gasteiger partial charge in [-0.05, 0) is 20.3 Å². The van der Waals surface area contributed by atoms with E-state index in [0.29, 0.717) is 17.9 Å². The van der Waals surface area contributed by atoms with Gasteiger partial charge >= 0.3 is 12.0 Å². The van der Waals surface area contributed by atoms with Gasteiger partial charge in [-0.25, -0.2) is 4.79 Å². The molecule has 1 aromatic rings. The maximum absolute atomic E-state index is 11.5. The number of nitrogens with zero attached hydrogens (tertiary/aromatic N) is 1. The topological polar surface area (TPSA) is 104 Å². The molecule has 1 atom stereocenters. The largest absolute Gasteiger partial charge is 0.481 e. The highest BCUT2D eigenvalue weighted by Gasteiger charge is 2.31.